The Hall–Kier alpha value is -2.82. The smallest absolute Gasteiger partial charge is 0.268 e. The van der Waals surface area contributed by atoms with Crippen LogP contribution < -0.4 is 15.0 Å². The second kappa shape index (κ2) is 6.35. The molecule has 1 heterocycles. The number of rotatable bonds is 3. The molecule has 2 aromatic rings. The fourth-order valence-electron chi connectivity index (χ4n) is 2.73. The number of carbonyl (C=O) groups is 2. The van der Waals surface area contributed by atoms with E-state index in [2.05, 4.69) is 5.32 Å². The number of benzene rings is 2. The van der Waals surface area contributed by atoms with Crippen LogP contribution >= 0.6 is 0 Å². The summed E-state index contributed by atoms with van der Waals surface area (Å²) in [5.41, 5.74) is 3.44. The summed E-state index contributed by atoms with van der Waals surface area (Å²) < 4.78 is 5.59. The number of ether oxygens (including phenoxy) is 1. The summed E-state index contributed by atoms with van der Waals surface area (Å²) in [4.78, 5) is 26.4. The summed E-state index contributed by atoms with van der Waals surface area (Å²) in [6, 6.07) is 13.1. The number of nitrogens with zero attached hydrogens (tertiary/aromatic N) is 1. The van der Waals surface area contributed by atoms with Gasteiger partial charge >= 0.3 is 0 Å². The van der Waals surface area contributed by atoms with Gasteiger partial charge in [0.05, 0.1) is 5.69 Å². The fourth-order valence-corrected chi connectivity index (χ4v) is 2.73. The third-order valence-electron chi connectivity index (χ3n) is 4.04. The summed E-state index contributed by atoms with van der Waals surface area (Å²) in [5, 5.41) is 2.89. The normalized spacial score (nSPS) is 16.4. The van der Waals surface area contributed by atoms with Crippen molar-refractivity contribution in [3.8, 4) is 5.75 Å². The number of nitrogens with one attached hydrogen (secondary N) is 1. The average molecular weight is 324 g/mol. The first-order valence-corrected chi connectivity index (χ1v) is 7.90. The number of anilines is 2. The van der Waals surface area contributed by atoms with Crippen LogP contribution in [0.2, 0.25) is 0 Å². The Morgan fingerprint density at radius 3 is 2.75 bits per heavy atom. The van der Waals surface area contributed by atoms with Crippen LogP contribution in [0.15, 0.2) is 42.5 Å². The van der Waals surface area contributed by atoms with E-state index >= 15 is 0 Å². The summed E-state index contributed by atoms with van der Waals surface area (Å²) in [6.45, 7) is 5.55. The molecule has 0 aromatic heterocycles. The van der Waals surface area contributed by atoms with Gasteiger partial charge in [0.2, 0.25) is 5.91 Å². The molecule has 1 unspecified atom stereocenters. The lowest BCUT2D eigenvalue weighted by Crippen LogP contribution is -2.47. The fraction of sp³-hybridized carbons (Fsp3) is 0.263. The van der Waals surface area contributed by atoms with Crippen LogP contribution in [-0.4, -0.2) is 24.5 Å². The molecule has 0 saturated carbocycles. The zero-order valence-corrected chi connectivity index (χ0v) is 14.0. The molecule has 124 valence electrons. The molecule has 0 bridgehead atoms. The Morgan fingerprint density at radius 2 is 1.96 bits per heavy atom. The van der Waals surface area contributed by atoms with Crippen molar-refractivity contribution in [3.05, 3.63) is 53.6 Å². The van der Waals surface area contributed by atoms with Crippen LogP contribution in [0.25, 0.3) is 0 Å². The van der Waals surface area contributed by atoms with E-state index in [0.29, 0.717) is 11.4 Å². The summed E-state index contributed by atoms with van der Waals surface area (Å²) >= 11 is 0. The third-order valence-corrected chi connectivity index (χ3v) is 4.04. The first-order valence-electron chi connectivity index (χ1n) is 7.90. The molecule has 0 spiro atoms. The first-order chi connectivity index (χ1) is 11.5. The van der Waals surface area contributed by atoms with E-state index in [9.17, 15) is 9.59 Å². The molecular formula is C19H20N2O3. The van der Waals surface area contributed by atoms with E-state index in [-0.39, 0.29) is 18.4 Å². The van der Waals surface area contributed by atoms with Crippen LogP contribution in [0.1, 0.15) is 18.1 Å². The van der Waals surface area contributed by atoms with Crippen molar-refractivity contribution in [2.45, 2.75) is 26.9 Å². The molecule has 5 nitrogen and oxygen atoms in total. The van der Waals surface area contributed by atoms with Gasteiger partial charge in [-0.2, -0.15) is 0 Å². The molecule has 0 aliphatic carbocycles. The summed E-state index contributed by atoms with van der Waals surface area (Å²) in [5.74, 6) is 0.162. The minimum Gasteiger partial charge on any atom is -0.479 e. The molecule has 24 heavy (non-hydrogen) atoms. The van der Waals surface area contributed by atoms with Gasteiger partial charge in [-0.3, -0.25) is 14.5 Å². The van der Waals surface area contributed by atoms with Gasteiger partial charge < -0.3 is 10.1 Å². The molecule has 1 atom stereocenters. The maximum atomic E-state index is 12.5. The van der Waals surface area contributed by atoms with Crippen LogP contribution in [0.3, 0.4) is 0 Å². The third kappa shape index (κ3) is 3.11. The van der Waals surface area contributed by atoms with E-state index in [4.69, 9.17) is 4.74 Å². The number of hydrogen-bond acceptors (Lipinski definition) is 3. The van der Waals surface area contributed by atoms with Crippen molar-refractivity contribution in [2.75, 3.05) is 16.8 Å². The molecule has 2 aromatic carbocycles. The lowest BCUT2D eigenvalue weighted by molar-refractivity contribution is -0.127. The maximum Gasteiger partial charge on any atom is 0.268 e. The Bertz CT molecular complexity index is 801. The average Bonchev–Trinajstić information content (AvgIpc) is 2.55. The molecule has 1 N–H and O–H groups in total. The molecular weight excluding hydrogens is 304 g/mol. The zero-order valence-electron chi connectivity index (χ0n) is 14.0. The minimum absolute atomic E-state index is 0.0447. The van der Waals surface area contributed by atoms with Crippen LogP contribution in [0.5, 0.6) is 5.75 Å². The maximum absolute atomic E-state index is 12.5. The standard InChI is InChI=1S/C19H20N2O3/c1-12-8-9-13(2)15(10-12)20-18(22)11-21-16-6-4-5-7-17(16)24-14(3)19(21)23/h4-10,14H,11H2,1-3H3,(H,20,22). The van der Waals surface area contributed by atoms with E-state index in [1.807, 2.05) is 44.2 Å². The molecule has 0 radical (unpaired) electrons. The van der Waals surface area contributed by atoms with Gasteiger partial charge in [0.1, 0.15) is 12.3 Å². The highest BCUT2D eigenvalue weighted by Gasteiger charge is 2.32. The Labute approximate surface area is 141 Å². The van der Waals surface area contributed by atoms with Crippen molar-refractivity contribution in [3.63, 3.8) is 0 Å². The second-order valence-electron chi connectivity index (χ2n) is 6.02. The molecule has 5 heteroatoms. The van der Waals surface area contributed by atoms with Crippen LogP contribution in [-0.2, 0) is 9.59 Å². The largest absolute Gasteiger partial charge is 0.479 e. The highest BCUT2D eigenvalue weighted by atomic mass is 16.5. The van der Waals surface area contributed by atoms with Gasteiger partial charge in [0, 0.05) is 5.69 Å². The van der Waals surface area contributed by atoms with Gasteiger partial charge in [-0.15, -0.1) is 0 Å². The Balaban J connectivity index is 1.81. The van der Waals surface area contributed by atoms with Crippen LogP contribution in [0, 0.1) is 13.8 Å². The quantitative estimate of drug-likeness (QED) is 0.944. The Kier molecular flexibility index (Phi) is 4.25. The van der Waals surface area contributed by atoms with E-state index in [1.54, 1.807) is 19.1 Å². The Morgan fingerprint density at radius 1 is 1.21 bits per heavy atom. The topological polar surface area (TPSA) is 58.6 Å². The summed E-state index contributed by atoms with van der Waals surface area (Å²) in [6.07, 6.45) is -0.603. The first kappa shape index (κ1) is 16.1. The number of aryl methyl sites for hydroxylation is 2. The molecule has 0 saturated heterocycles. The van der Waals surface area contributed by atoms with Crippen molar-refractivity contribution >= 4 is 23.2 Å². The van der Waals surface area contributed by atoms with Crippen molar-refractivity contribution in [1.29, 1.82) is 0 Å². The predicted molar refractivity (Wildman–Crippen MR) is 93.4 cm³/mol. The van der Waals surface area contributed by atoms with Crippen molar-refractivity contribution in [1.82, 2.24) is 0 Å². The van der Waals surface area contributed by atoms with E-state index in [1.165, 1.54) is 4.90 Å². The molecule has 1 aliphatic rings. The van der Waals surface area contributed by atoms with Gasteiger partial charge in [-0.05, 0) is 50.1 Å². The summed E-state index contributed by atoms with van der Waals surface area (Å²) in [7, 11) is 0. The molecule has 2 amide bonds. The second-order valence-corrected chi connectivity index (χ2v) is 6.02. The monoisotopic (exact) mass is 324 g/mol. The van der Waals surface area contributed by atoms with Gasteiger partial charge in [0.15, 0.2) is 6.10 Å². The van der Waals surface area contributed by atoms with Crippen LogP contribution in [0.4, 0.5) is 11.4 Å². The highest BCUT2D eigenvalue weighted by Crippen LogP contribution is 2.33. The number of para-hydroxylation sites is 2. The number of carbonyl (C=O) groups excluding carboxylic acids is 2. The van der Waals surface area contributed by atoms with Gasteiger partial charge in [0.25, 0.3) is 5.91 Å². The molecule has 1 aliphatic heterocycles. The number of fused-ring (bicyclic) bond motifs is 1. The molecule has 0 fully saturated rings. The number of amides is 2. The van der Waals surface area contributed by atoms with Crippen molar-refractivity contribution in [2.24, 2.45) is 0 Å². The molecule has 3 rings (SSSR count). The predicted octanol–water partition coefficient (Wildman–Crippen LogP) is 3.06. The van der Waals surface area contributed by atoms with E-state index < -0.39 is 6.10 Å². The lowest BCUT2D eigenvalue weighted by Gasteiger charge is -2.32. The minimum atomic E-state index is -0.603. The van der Waals surface area contributed by atoms with Gasteiger partial charge in [-0.1, -0.05) is 24.3 Å². The lowest BCUT2D eigenvalue weighted by atomic mass is 10.1. The SMILES string of the molecule is Cc1ccc(C)c(NC(=O)CN2C(=O)C(C)Oc3ccccc32)c1. The van der Waals surface area contributed by atoms with Gasteiger partial charge in [-0.25, -0.2) is 0 Å². The zero-order chi connectivity index (χ0) is 17.3. The van der Waals surface area contributed by atoms with E-state index in [0.717, 1.165) is 16.8 Å². The number of hydrogen-bond donors (Lipinski definition) is 1. The van der Waals surface area contributed by atoms with Crippen molar-refractivity contribution < 1.29 is 14.3 Å². The highest BCUT2D eigenvalue weighted by molar-refractivity contribution is 6.06.